The minimum Gasteiger partial charge on any atom is -0.475 e. The maximum atomic E-state index is 13.0. The molecule has 2 heterocycles. The second-order valence-electron chi connectivity index (χ2n) is 10.0. The van der Waals surface area contributed by atoms with Crippen molar-refractivity contribution in [2.45, 2.75) is 32.1 Å². The molecule has 2 atom stereocenters. The zero-order valence-electron chi connectivity index (χ0n) is 25.1. The van der Waals surface area contributed by atoms with Crippen LogP contribution in [-0.2, 0) is 14.4 Å². The van der Waals surface area contributed by atoms with Crippen LogP contribution in [0.5, 0.6) is 0 Å². The quantitative estimate of drug-likeness (QED) is 0.154. The maximum absolute atomic E-state index is 13.0. The number of rotatable bonds is 4. The third kappa shape index (κ3) is 17.8. The van der Waals surface area contributed by atoms with Crippen molar-refractivity contribution in [2.75, 3.05) is 105 Å². The van der Waals surface area contributed by atoms with Gasteiger partial charge in [-0.3, -0.25) is 9.59 Å². The molecule has 0 saturated carbocycles. The van der Waals surface area contributed by atoms with Gasteiger partial charge < -0.3 is 57.4 Å². The van der Waals surface area contributed by atoms with Crippen molar-refractivity contribution in [2.24, 2.45) is 0 Å². The molecule has 18 heteroatoms. The molecule has 9 N–H and O–H groups in total. The highest BCUT2D eigenvalue weighted by atomic mass is 19.4. The average molecular weight is 627 g/mol. The minimum absolute atomic E-state index is 0.141. The van der Waals surface area contributed by atoms with E-state index in [-0.39, 0.29) is 11.8 Å². The molecule has 0 aromatic carbocycles. The maximum Gasteiger partial charge on any atom is 0.490 e. The molecule has 15 nitrogen and oxygen atoms in total. The van der Waals surface area contributed by atoms with Crippen LogP contribution in [0.4, 0.5) is 18.0 Å². The summed E-state index contributed by atoms with van der Waals surface area (Å²) in [5.41, 5.74) is 0. The van der Waals surface area contributed by atoms with Gasteiger partial charge in [0.15, 0.2) is 0 Å². The molecular formula is C25H49F3N10O5. The smallest absolute Gasteiger partial charge is 0.475 e. The Morgan fingerprint density at radius 2 is 0.814 bits per heavy atom. The van der Waals surface area contributed by atoms with Crippen LogP contribution in [0.2, 0.25) is 0 Å². The van der Waals surface area contributed by atoms with Gasteiger partial charge in [-0.25, -0.2) is 9.59 Å². The molecule has 0 radical (unpaired) electrons. The van der Waals surface area contributed by atoms with Crippen LogP contribution in [0.15, 0.2) is 0 Å². The summed E-state index contributed by atoms with van der Waals surface area (Å²) in [4.78, 5) is 51.1. The van der Waals surface area contributed by atoms with Crippen LogP contribution in [0, 0.1) is 0 Å². The predicted molar refractivity (Wildman–Crippen MR) is 155 cm³/mol. The lowest BCUT2D eigenvalue weighted by atomic mass is 10.2. The van der Waals surface area contributed by atoms with E-state index in [1.165, 1.54) is 0 Å². The molecule has 0 aromatic heterocycles. The minimum atomic E-state index is -5.08. The van der Waals surface area contributed by atoms with Crippen LogP contribution in [0.1, 0.15) is 13.8 Å². The average Bonchev–Trinajstić information content (AvgIpc) is 2.92. The molecule has 2 saturated heterocycles. The number of carboxylic acids is 1. The summed E-state index contributed by atoms with van der Waals surface area (Å²) in [7, 11) is 0. The number of carbonyl (C=O) groups is 4. The summed E-state index contributed by atoms with van der Waals surface area (Å²) < 4.78 is 31.7. The van der Waals surface area contributed by atoms with E-state index < -0.39 is 30.3 Å². The summed E-state index contributed by atoms with van der Waals surface area (Å²) in [6, 6.07) is -1.93. The highest BCUT2D eigenvalue weighted by molar-refractivity contribution is 5.90. The van der Waals surface area contributed by atoms with Crippen molar-refractivity contribution in [1.82, 2.24) is 52.3 Å². The molecule has 2 unspecified atom stereocenters. The number of nitrogens with one attached hydrogen (secondary N) is 8. The topological polar surface area (TPSA) is 191 Å². The van der Waals surface area contributed by atoms with E-state index in [0.29, 0.717) is 52.4 Å². The summed E-state index contributed by atoms with van der Waals surface area (Å²) in [5.74, 6) is -3.04. The lowest BCUT2D eigenvalue weighted by molar-refractivity contribution is -0.192. The number of amides is 4. The molecule has 2 aliphatic rings. The molecule has 2 rings (SSSR count). The highest BCUT2D eigenvalue weighted by Crippen LogP contribution is 2.13. The summed E-state index contributed by atoms with van der Waals surface area (Å²) >= 11 is 0. The molecule has 0 spiro atoms. The fourth-order valence-corrected chi connectivity index (χ4v) is 4.08. The molecule has 2 fully saturated rings. The van der Waals surface area contributed by atoms with Gasteiger partial charge >= 0.3 is 18.2 Å². The van der Waals surface area contributed by atoms with Crippen molar-refractivity contribution in [3.63, 3.8) is 0 Å². The van der Waals surface area contributed by atoms with E-state index in [1.807, 2.05) is 0 Å². The molecule has 250 valence electrons. The van der Waals surface area contributed by atoms with Crippen LogP contribution in [0.25, 0.3) is 0 Å². The van der Waals surface area contributed by atoms with Gasteiger partial charge in [0.2, 0.25) is 11.8 Å². The van der Waals surface area contributed by atoms with Gasteiger partial charge in [-0.2, -0.15) is 13.2 Å². The van der Waals surface area contributed by atoms with Crippen molar-refractivity contribution < 1.29 is 37.5 Å². The summed E-state index contributed by atoms with van der Waals surface area (Å²) in [5, 5.41) is 32.6. The van der Waals surface area contributed by atoms with E-state index in [9.17, 15) is 27.6 Å². The van der Waals surface area contributed by atoms with Crippen molar-refractivity contribution in [1.29, 1.82) is 0 Å². The Hall–Kier alpha value is -2.77. The van der Waals surface area contributed by atoms with E-state index in [4.69, 9.17) is 9.90 Å². The Labute approximate surface area is 250 Å². The molecule has 2 aliphatic heterocycles. The molecule has 0 bridgehead atoms. The number of urea groups is 1. The van der Waals surface area contributed by atoms with E-state index in [2.05, 4.69) is 42.5 Å². The van der Waals surface area contributed by atoms with Crippen LogP contribution in [-0.4, -0.2) is 162 Å². The molecular weight excluding hydrogens is 577 g/mol. The summed E-state index contributed by atoms with van der Waals surface area (Å²) in [6.45, 7) is 15.3. The van der Waals surface area contributed by atoms with Gasteiger partial charge in [0.25, 0.3) is 0 Å². The van der Waals surface area contributed by atoms with Gasteiger partial charge in [-0.1, -0.05) is 0 Å². The second kappa shape index (κ2) is 21.8. The third-order valence-electron chi connectivity index (χ3n) is 6.45. The number of carbonyl (C=O) groups excluding carboxylic acids is 3. The monoisotopic (exact) mass is 626 g/mol. The Morgan fingerprint density at radius 3 is 1.05 bits per heavy atom. The molecule has 43 heavy (non-hydrogen) atoms. The number of nitrogens with zero attached hydrogens (tertiary/aromatic N) is 2. The van der Waals surface area contributed by atoms with Crippen molar-refractivity contribution >= 4 is 23.8 Å². The Morgan fingerprint density at radius 1 is 0.581 bits per heavy atom. The van der Waals surface area contributed by atoms with Crippen LogP contribution < -0.4 is 42.5 Å². The first-order valence-corrected chi connectivity index (χ1v) is 14.6. The fraction of sp³-hybridized carbons (Fsp3) is 0.840. The predicted octanol–water partition coefficient (Wildman–Crippen LogP) is -3.08. The summed E-state index contributed by atoms with van der Waals surface area (Å²) in [6.07, 6.45) is -5.08. The number of hydrogen-bond acceptors (Lipinski definition) is 10. The zero-order chi connectivity index (χ0) is 32.1. The second-order valence-corrected chi connectivity index (χ2v) is 10.0. The lowest BCUT2D eigenvalue weighted by Crippen LogP contribution is -2.56. The Kier molecular flexibility index (Phi) is 19.4. The van der Waals surface area contributed by atoms with Gasteiger partial charge in [0.05, 0.1) is 0 Å². The number of hydrogen-bond donors (Lipinski definition) is 9. The number of aliphatic carboxylic acids is 1. The first-order valence-electron chi connectivity index (χ1n) is 14.6. The Balaban J connectivity index is 0.00000117. The first-order chi connectivity index (χ1) is 20.4. The molecule has 0 aromatic rings. The highest BCUT2D eigenvalue weighted by Gasteiger charge is 2.38. The van der Waals surface area contributed by atoms with Gasteiger partial charge in [-0.05, 0) is 13.8 Å². The van der Waals surface area contributed by atoms with Crippen LogP contribution >= 0.6 is 0 Å². The van der Waals surface area contributed by atoms with E-state index in [1.54, 1.807) is 23.6 Å². The molecule has 4 amide bonds. The van der Waals surface area contributed by atoms with E-state index in [0.717, 1.165) is 52.4 Å². The normalized spacial score (nSPS) is 20.2. The molecule has 0 aliphatic carbocycles. The van der Waals surface area contributed by atoms with Gasteiger partial charge in [-0.15, -0.1) is 0 Å². The largest absolute Gasteiger partial charge is 0.490 e. The lowest BCUT2D eigenvalue weighted by Gasteiger charge is -2.29. The Bertz CT molecular complexity index is 764. The number of carboxylic acid groups (broad SMARTS) is 1. The number of alkyl halides is 3. The van der Waals surface area contributed by atoms with Crippen molar-refractivity contribution in [3.8, 4) is 0 Å². The van der Waals surface area contributed by atoms with Gasteiger partial charge in [0.1, 0.15) is 12.1 Å². The fourth-order valence-electron chi connectivity index (χ4n) is 4.08. The first kappa shape index (κ1) is 38.3. The third-order valence-corrected chi connectivity index (χ3v) is 6.45. The standard InChI is InChI=1S/C23H48N10O3.C2HF3O2/c1-19(21(34)32-15-11-26-7-3-24-4-8-27-12-16-32)30-23(36)31-20(2)22(35)33-17-13-28-9-5-25-6-10-29-14-18-33;3-2(4,5)1(6)7/h19-20,24-29H,3-18H2,1-2H3,(H2,30,31,36);(H,6,7). The van der Waals surface area contributed by atoms with E-state index >= 15 is 0 Å². The van der Waals surface area contributed by atoms with Crippen LogP contribution in [0.3, 0.4) is 0 Å². The van der Waals surface area contributed by atoms with Crippen molar-refractivity contribution in [3.05, 3.63) is 0 Å². The number of halogens is 3. The zero-order valence-corrected chi connectivity index (χ0v) is 25.1. The van der Waals surface area contributed by atoms with Gasteiger partial charge in [0, 0.05) is 105 Å². The SMILES string of the molecule is CC(NC(=O)NC(C)C(=O)N1CCNCCNCCNCC1)C(=O)N1CCNCCNCCNCC1.O=C(O)C(F)(F)F.